The fourth-order valence-corrected chi connectivity index (χ4v) is 5.31. The second-order valence-electron chi connectivity index (χ2n) is 6.37. The molecule has 156 valence electrons. The predicted octanol–water partition coefficient (Wildman–Crippen LogP) is 3.48. The fraction of sp³-hybridized carbons (Fsp3) is 0.143. The lowest BCUT2D eigenvalue weighted by Gasteiger charge is -2.19. The molecule has 9 heteroatoms. The number of fused-ring (bicyclic) bond motifs is 1. The number of hydrogen-bond acceptors (Lipinski definition) is 4. The molecule has 0 unspecified atom stereocenters. The van der Waals surface area contributed by atoms with Gasteiger partial charge in [0.1, 0.15) is 5.82 Å². The number of amides is 1. The number of nitrogens with zero attached hydrogens (tertiary/aromatic N) is 3. The van der Waals surface area contributed by atoms with Crippen LogP contribution in [0.25, 0.3) is 10.2 Å². The molecule has 0 N–H and O–H groups in total. The number of carbonyl (C=O) groups is 1. The van der Waals surface area contributed by atoms with Crippen LogP contribution in [0, 0.1) is 5.82 Å². The summed E-state index contributed by atoms with van der Waals surface area (Å²) in [6.07, 6.45) is 2.98. The number of thiazole rings is 1. The molecule has 2 aromatic carbocycles. The summed E-state index contributed by atoms with van der Waals surface area (Å²) in [4.78, 5) is 17.1. The predicted molar refractivity (Wildman–Crippen MR) is 116 cm³/mol. The lowest BCUT2D eigenvalue weighted by molar-refractivity contribution is 0.0998. The van der Waals surface area contributed by atoms with Gasteiger partial charge in [-0.3, -0.25) is 4.79 Å². The Bertz CT molecular complexity index is 1280. The molecular formula is C21H20FN3O3S2. The second kappa shape index (κ2) is 8.86. The number of hydrogen-bond donors (Lipinski definition) is 0. The summed E-state index contributed by atoms with van der Waals surface area (Å²) in [5.41, 5.74) is 0.603. The minimum absolute atomic E-state index is 0.0530. The van der Waals surface area contributed by atoms with Crippen LogP contribution in [-0.2, 0) is 17.1 Å². The van der Waals surface area contributed by atoms with Gasteiger partial charge in [-0.1, -0.05) is 29.6 Å². The molecule has 0 saturated carbocycles. The molecule has 0 aliphatic heterocycles. The zero-order valence-corrected chi connectivity index (χ0v) is 17.9. The van der Waals surface area contributed by atoms with Crippen LogP contribution in [0.4, 0.5) is 4.39 Å². The Balaban J connectivity index is 1.93. The number of aromatic nitrogens is 1. The molecule has 1 amide bonds. The van der Waals surface area contributed by atoms with Gasteiger partial charge >= 0.3 is 0 Å². The lowest BCUT2D eigenvalue weighted by Crippen LogP contribution is -2.31. The largest absolute Gasteiger partial charge is 0.317 e. The van der Waals surface area contributed by atoms with Crippen LogP contribution in [0.5, 0.6) is 0 Å². The number of sulfonamides is 1. The molecular weight excluding hydrogens is 425 g/mol. The maximum absolute atomic E-state index is 14.0. The van der Waals surface area contributed by atoms with Gasteiger partial charge in [0.15, 0.2) is 4.80 Å². The van der Waals surface area contributed by atoms with E-state index in [1.165, 1.54) is 62.7 Å². The molecule has 0 spiro atoms. The number of aryl methyl sites for hydroxylation is 1. The van der Waals surface area contributed by atoms with E-state index in [-0.39, 0.29) is 23.5 Å². The highest BCUT2D eigenvalue weighted by Gasteiger charge is 2.22. The SMILES string of the molecule is C=CCN(CC=C)S(=O)(=O)c1ccc(C(=O)N=c2sc3cccc(F)c3n2C)cc1. The summed E-state index contributed by atoms with van der Waals surface area (Å²) in [5, 5.41) is 0. The number of para-hydroxylation sites is 1. The normalized spacial score (nSPS) is 12.4. The van der Waals surface area contributed by atoms with Crippen LogP contribution >= 0.6 is 11.3 Å². The van der Waals surface area contributed by atoms with E-state index < -0.39 is 21.7 Å². The lowest BCUT2D eigenvalue weighted by atomic mass is 10.2. The molecule has 0 atom stereocenters. The van der Waals surface area contributed by atoms with Gasteiger partial charge in [0, 0.05) is 25.7 Å². The topological polar surface area (TPSA) is 71.7 Å². The van der Waals surface area contributed by atoms with Crippen molar-refractivity contribution in [3.8, 4) is 0 Å². The second-order valence-corrected chi connectivity index (χ2v) is 9.32. The standard InChI is InChI=1S/C21H20FN3O3S2/c1-4-13-25(14-5-2)30(27,28)16-11-9-15(10-12-16)20(26)23-21-24(3)19-17(22)7-6-8-18(19)29-21/h4-12H,1-2,13-14H2,3H3. The number of rotatable bonds is 7. The van der Waals surface area contributed by atoms with Crippen molar-refractivity contribution < 1.29 is 17.6 Å². The number of halogens is 1. The van der Waals surface area contributed by atoms with Crippen molar-refractivity contribution >= 4 is 37.5 Å². The molecule has 1 heterocycles. The average Bonchev–Trinajstić information content (AvgIpc) is 3.04. The third kappa shape index (κ3) is 4.18. The van der Waals surface area contributed by atoms with Crippen LogP contribution in [0.15, 0.2) is 77.7 Å². The summed E-state index contributed by atoms with van der Waals surface area (Å²) in [5.74, 6) is -0.936. The van der Waals surface area contributed by atoms with Crippen LogP contribution in [-0.4, -0.2) is 36.3 Å². The van der Waals surface area contributed by atoms with Gasteiger partial charge < -0.3 is 4.57 Å². The molecule has 6 nitrogen and oxygen atoms in total. The number of benzene rings is 2. The Morgan fingerprint density at radius 2 is 1.80 bits per heavy atom. The Kier molecular flexibility index (Phi) is 6.45. The highest BCUT2D eigenvalue weighted by molar-refractivity contribution is 7.89. The van der Waals surface area contributed by atoms with E-state index in [2.05, 4.69) is 18.2 Å². The molecule has 3 rings (SSSR count). The average molecular weight is 446 g/mol. The molecule has 3 aromatic rings. The quantitative estimate of drug-likeness (QED) is 0.523. The van der Waals surface area contributed by atoms with Gasteiger partial charge in [0.05, 0.1) is 15.1 Å². The van der Waals surface area contributed by atoms with E-state index in [1.54, 1.807) is 19.2 Å². The fourth-order valence-electron chi connectivity index (χ4n) is 2.89. The Hall–Kier alpha value is -2.88. The first kappa shape index (κ1) is 21.8. The van der Waals surface area contributed by atoms with E-state index in [9.17, 15) is 17.6 Å². The van der Waals surface area contributed by atoms with Crippen molar-refractivity contribution in [3.63, 3.8) is 0 Å². The van der Waals surface area contributed by atoms with E-state index in [0.29, 0.717) is 15.0 Å². The first-order valence-electron chi connectivity index (χ1n) is 8.94. The van der Waals surface area contributed by atoms with Crippen molar-refractivity contribution in [1.82, 2.24) is 8.87 Å². The van der Waals surface area contributed by atoms with Gasteiger partial charge in [-0.2, -0.15) is 9.30 Å². The molecule has 30 heavy (non-hydrogen) atoms. The van der Waals surface area contributed by atoms with E-state index >= 15 is 0 Å². The third-order valence-electron chi connectivity index (χ3n) is 4.38. The van der Waals surface area contributed by atoms with Gasteiger partial charge in [-0.25, -0.2) is 12.8 Å². The van der Waals surface area contributed by atoms with Crippen molar-refractivity contribution in [2.24, 2.45) is 12.0 Å². The molecule has 0 radical (unpaired) electrons. The smallest absolute Gasteiger partial charge is 0.279 e. The number of carbonyl (C=O) groups excluding carboxylic acids is 1. The first-order chi connectivity index (χ1) is 14.3. The van der Waals surface area contributed by atoms with Crippen molar-refractivity contribution in [3.05, 3.63) is 84.0 Å². The minimum atomic E-state index is -3.75. The van der Waals surface area contributed by atoms with E-state index in [1.807, 2.05) is 0 Å². The Morgan fingerprint density at radius 3 is 2.37 bits per heavy atom. The summed E-state index contributed by atoms with van der Waals surface area (Å²) < 4.78 is 42.9. The maximum Gasteiger partial charge on any atom is 0.279 e. The molecule has 0 fully saturated rings. The summed E-state index contributed by atoms with van der Waals surface area (Å²) in [6, 6.07) is 10.2. The molecule has 0 saturated heterocycles. The monoisotopic (exact) mass is 445 g/mol. The van der Waals surface area contributed by atoms with E-state index in [0.717, 1.165) is 0 Å². The minimum Gasteiger partial charge on any atom is -0.317 e. The highest BCUT2D eigenvalue weighted by atomic mass is 32.2. The zero-order valence-electron chi connectivity index (χ0n) is 16.3. The molecule has 1 aromatic heterocycles. The van der Waals surface area contributed by atoms with Gasteiger partial charge in [-0.15, -0.1) is 13.2 Å². The third-order valence-corrected chi connectivity index (χ3v) is 7.32. The van der Waals surface area contributed by atoms with Crippen LogP contribution in [0.1, 0.15) is 10.4 Å². The van der Waals surface area contributed by atoms with Gasteiger partial charge in [0.25, 0.3) is 5.91 Å². The summed E-state index contributed by atoms with van der Waals surface area (Å²) in [7, 11) is -2.11. The van der Waals surface area contributed by atoms with Gasteiger partial charge in [-0.05, 0) is 36.4 Å². The highest BCUT2D eigenvalue weighted by Crippen LogP contribution is 2.20. The Morgan fingerprint density at radius 1 is 1.17 bits per heavy atom. The van der Waals surface area contributed by atoms with Crippen LogP contribution in [0.2, 0.25) is 0 Å². The van der Waals surface area contributed by atoms with Crippen molar-refractivity contribution in [1.29, 1.82) is 0 Å². The van der Waals surface area contributed by atoms with Crippen molar-refractivity contribution in [2.45, 2.75) is 4.90 Å². The summed E-state index contributed by atoms with van der Waals surface area (Å²) >= 11 is 1.20. The molecule has 0 aliphatic rings. The maximum atomic E-state index is 14.0. The van der Waals surface area contributed by atoms with Crippen LogP contribution in [0.3, 0.4) is 0 Å². The molecule has 0 bridgehead atoms. The van der Waals surface area contributed by atoms with Gasteiger partial charge in [0.2, 0.25) is 10.0 Å². The first-order valence-corrected chi connectivity index (χ1v) is 11.2. The summed E-state index contributed by atoms with van der Waals surface area (Å²) in [6.45, 7) is 7.43. The van der Waals surface area contributed by atoms with Crippen molar-refractivity contribution in [2.75, 3.05) is 13.1 Å². The van der Waals surface area contributed by atoms with E-state index in [4.69, 9.17) is 0 Å². The van der Waals surface area contributed by atoms with Crippen LogP contribution < -0.4 is 4.80 Å². The zero-order chi connectivity index (χ0) is 21.9. The Labute approximate surface area is 178 Å². The molecule has 0 aliphatic carbocycles.